The van der Waals surface area contributed by atoms with Gasteiger partial charge in [-0.15, -0.1) is 0 Å². The topological polar surface area (TPSA) is 43.6 Å². The number of rotatable bonds is 1. The molecule has 0 bridgehead atoms. The van der Waals surface area contributed by atoms with Crippen molar-refractivity contribution in [2.24, 2.45) is 0 Å². The van der Waals surface area contributed by atoms with Crippen molar-refractivity contribution in [3.8, 4) is 0 Å². The molecule has 0 aliphatic rings. The molecule has 0 fully saturated rings. The Morgan fingerprint density at radius 3 is 2.77 bits per heavy atom. The molecule has 0 aliphatic heterocycles. The smallest absolute Gasteiger partial charge is 0.180 e. The van der Waals surface area contributed by atoms with Crippen LogP contribution in [0.5, 0.6) is 0 Å². The summed E-state index contributed by atoms with van der Waals surface area (Å²) in [5.41, 5.74) is 1.76. The third-order valence-corrected chi connectivity index (χ3v) is 1.64. The Hall–Kier alpha value is -1.45. The lowest BCUT2D eigenvalue weighted by Crippen LogP contribution is -1.91. The van der Waals surface area contributed by atoms with Crippen molar-refractivity contribution in [1.82, 2.24) is 19.5 Å². The van der Waals surface area contributed by atoms with E-state index in [2.05, 4.69) is 21.9 Å². The summed E-state index contributed by atoms with van der Waals surface area (Å²) in [6, 6.07) is 0. The fourth-order valence-electron chi connectivity index (χ4n) is 1.06. The number of fused-ring (bicyclic) bond motifs is 1. The minimum Gasteiger partial charge on any atom is -0.328 e. The van der Waals surface area contributed by atoms with Gasteiger partial charge in [-0.25, -0.2) is 15.0 Å². The van der Waals surface area contributed by atoms with Crippen molar-refractivity contribution >= 4 is 11.2 Å². The molecule has 2 aromatic rings. The third-order valence-electron chi connectivity index (χ3n) is 1.64. The molecule has 70 valence electrons. The van der Waals surface area contributed by atoms with Crippen LogP contribution in [0.2, 0.25) is 0 Å². The zero-order chi connectivity index (χ0) is 9.68. The maximum absolute atomic E-state index is 4.10. The van der Waals surface area contributed by atoms with E-state index in [1.54, 1.807) is 12.5 Å². The molecule has 0 atom stereocenters. The van der Waals surface area contributed by atoms with Gasteiger partial charge in [0.05, 0.1) is 12.5 Å². The van der Waals surface area contributed by atoms with E-state index < -0.39 is 0 Å². The van der Waals surface area contributed by atoms with Gasteiger partial charge in [-0.3, -0.25) is 0 Å². The van der Waals surface area contributed by atoms with Crippen molar-refractivity contribution in [3.63, 3.8) is 0 Å². The maximum atomic E-state index is 4.10. The molecule has 4 heteroatoms. The summed E-state index contributed by atoms with van der Waals surface area (Å²) in [7, 11) is 0. The number of imidazole rings is 1. The lowest BCUT2D eigenvalue weighted by Gasteiger charge is -1.94. The fraction of sp³-hybridized carbons (Fsp3) is 0.444. The summed E-state index contributed by atoms with van der Waals surface area (Å²) >= 11 is 0. The second-order valence-electron chi connectivity index (χ2n) is 2.26. The van der Waals surface area contributed by atoms with Crippen LogP contribution in [0.4, 0.5) is 0 Å². The van der Waals surface area contributed by atoms with Gasteiger partial charge in [-0.2, -0.15) is 0 Å². The first kappa shape index (κ1) is 9.64. The molecule has 0 aromatic carbocycles. The van der Waals surface area contributed by atoms with E-state index in [-0.39, 0.29) is 0 Å². The third kappa shape index (κ3) is 1.83. The van der Waals surface area contributed by atoms with Gasteiger partial charge in [0.2, 0.25) is 0 Å². The van der Waals surface area contributed by atoms with Gasteiger partial charge in [0.25, 0.3) is 0 Å². The monoisotopic (exact) mass is 178 g/mol. The SMILES string of the molecule is CC.CCn1cnc2ncncc21. The van der Waals surface area contributed by atoms with Crippen molar-refractivity contribution in [1.29, 1.82) is 0 Å². The van der Waals surface area contributed by atoms with Crippen LogP contribution in [-0.2, 0) is 6.54 Å². The Morgan fingerprint density at radius 2 is 2.08 bits per heavy atom. The summed E-state index contributed by atoms with van der Waals surface area (Å²) in [5.74, 6) is 0. The van der Waals surface area contributed by atoms with Gasteiger partial charge >= 0.3 is 0 Å². The summed E-state index contributed by atoms with van der Waals surface area (Å²) in [4.78, 5) is 12.0. The standard InChI is InChI=1S/C7H8N4.C2H6/c1-2-11-5-10-7-6(11)3-8-4-9-7;1-2/h3-5H,2H2,1H3;1-2H3. The van der Waals surface area contributed by atoms with Crippen molar-refractivity contribution in [2.45, 2.75) is 27.3 Å². The molecule has 2 rings (SSSR count). The quantitative estimate of drug-likeness (QED) is 0.669. The first-order valence-electron chi connectivity index (χ1n) is 4.52. The maximum Gasteiger partial charge on any atom is 0.180 e. The summed E-state index contributed by atoms with van der Waals surface area (Å²) in [5, 5.41) is 0. The highest BCUT2D eigenvalue weighted by molar-refractivity contribution is 5.68. The summed E-state index contributed by atoms with van der Waals surface area (Å²) in [6.45, 7) is 6.97. The molecule has 0 radical (unpaired) electrons. The number of hydrogen-bond acceptors (Lipinski definition) is 3. The molecule has 2 heterocycles. The molecule has 0 aliphatic carbocycles. The zero-order valence-electron chi connectivity index (χ0n) is 8.23. The highest BCUT2D eigenvalue weighted by Crippen LogP contribution is 2.06. The largest absolute Gasteiger partial charge is 0.328 e. The Labute approximate surface area is 77.7 Å². The fourth-order valence-corrected chi connectivity index (χ4v) is 1.06. The highest BCUT2D eigenvalue weighted by Gasteiger charge is 1.99. The van der Waals surface area contributed by atoms with Crippen LogP contribution in [0, 0.1) is 0 Å². The second kappa shape index (κ2) is 4.54. The minimum atomic E-state index is 0.766. The second-order valence-corrected chi connectivity index (χ2v) is 2.26. The molecule has 0 amide bonds. The zero-order valence-corrected chi connectivity index (χ0v) is 8.23. The molecule has 2 aromatic heterocycles. The van der Waals surface area contributed by atoms with Crippen molar-refractivity contribution < 1.29 is 0 Å². The number of hydrogen-bond donors (Lipinski definition) is 0. The van der Waals surface area contributed by atoms with Crippen LogP contribution in [0.3, 0.4) is 0 Å². The van der Waals surface area contributed by atoms with Gasteiger partial charge in [0, 0.05) is 6.54 Å². The van der Waals surface area contributed by atoms with E-state index in [4.69, 9.17) is 0 Å². The van der Waals surface area contributed by atoms with Crippen LogP contribution >= 0.6 is 0 Å². The highest BCUT2D eigenvalue weighted by atomic mass is 15.1. The first-order chi connectivity index (χ1) is 6.42. The van der Waals surface area contributed by atoms with E-state index in [0.717, 1.165) is 17.7 Å². The molecule has 0 saturated carbocycles. The van der Waals surface area contributed by atoms with Crippen LogP contribution < -0.4 is 0 Å². The Kier molecular flexibility index (Phi) is 3.37. The van der Waals surface area contributed by atoms with Gasteiger partial charge in [-0.1, -0.05) is 13.8 Å². The van der Waals surface area contributed by atoms with Crippen molar-refractivity contribution in [3.05, 3.63) is 18.9 Å². The van der Waals surface area contributed by atoms with E-state index >= 15 is 0 Å². The number of aryl methyl sites for hydroxylation is 1. The predicted octanol–water partition coefficient (Wildman–Crippen LogP) is 1.87. The summed E-state index contributed by atoms with van der Waals surface area (Å²) < 4.78 is 2.01. The Balaban J connectivity index is 0.000000396. The lowest BCUT2D eigenvalue weighted by molar-refractivity contribution is 0.785. The van der Waals surface area contributed by atoms with Crippen LogP contribution in [0.1, 0.15) is 20.8 Å². The van der Waals surface area contributed by atoms with E-state index in [1.165, 1.54) is 6.33 Å². The Bertz CT molecular complexity index is 366. The van der Waals surface area contributed by atoms with Crippen molar-refractivity contribution in [2.75, 3.05) is 0 Å². The normalized spacial score (nSPS) is 9.46. The van der Waals surface area contributed by atoms with E-state index in [9.17, 15) is 0 Å². The summed E-state index contributed by atoms with van der Waals surface area (Å²) in [6.07, 6.45) is 5.06. The predicted molar refractivity (Wildman–Crippen MR) is 52.3 cm³/mol. The van der Waals surface area contributed by atoms with E-state index in [0.29, 0.717) is 0 Å². The minimum absolute atomic E-state index is 0.766. The van der Waals surface area contributed by atoms with Crippen LogP contribution in [-0.4, -0.2) is 19.5 Å². The first-order valence-corrected chi connectivity index (χ1v) is 4.52. The van der Waals surface area contributed by atoms with E-state index in [1.807, 2.05) is 18.4 Å². The molecule has 0 spiro atoms. The van der Waals surface area contributed by atoms with Gasteiger partial charge in [0.15, 0.2) is 5.65 Å². The molecule has 0 N–H and O–H groups in total. The number of aromatic nitrogens is 4. The van der Waals surface area contributed by atoms with Gasteiger partial charge in [-0.05, 0) is 6.92 Å². The van der Waals surface area contributed by atoms with Gasteiger partial charge < -0.3 is 4.57 Å². The van der Waals surface area contributed by atoms with Crippen LogP contribution in [0.15, 0.2) is 18.9 Å². The molecular formula is C9H14N4. The molecule has 0 saturated heterocycles. The average molecular weight is 178 g/mol. The lowest BCUT2D eigenvalue weighted by atomic mass is 10.5. The van der Waals surface area contributed by atoms with Crippen LogP contribution in [0.25, 0.3) is 11.2 Å². The Morgan fingerprint density at radius 1 is 1.31 bits per heavy atom. The molecule has 13 heavy (non-hydrogen) atoms. The molecular weight excluding hydrogens is 164 g/mol. The molecule has 0 unspecified atom stereocenters. The average Bonchev–Trinajstić information content (AvgIpc) is 2.64. The van der Waals surface area contributed by atoms with Gasteiger partial charge in [0.1, 0.15) is 11.8 Å². The molecule has 4 nitrogen and oxygen atoms in total. The number of nitrogens with zero attached hydrogens (tertiary/aromatic N) is 4.